The van der Waals surface area contributed by atoms with Gasteiger partial charge in [-0.1, -0.05) is 0 Å². The van der Waals surface area contributed by atoms with Gasteiger partial charge >= 0.3 is 0 Å². The molecule has 0 saturated carbocycles. The summed E-state index contributed by atoms with van der Waals surface area (Å²) in [5.41, 5.74) is 0.298. The highest BCUT2D eigenvalue weighted by molar-refractivity contribution is 5.92. The van der Waals surface area contributed by atoms with Gasteiger partial charge in [0.25, 0.3) is 0 Å². The number of halogens is 1. The smallest absolute Gasteiger partial charge is 0.238 e. The highest BCUT2D eigenvalue weighted by atomic mass is 19.1. The van der Waals surface area contributed by atoms with Crippen LogP contribution in [0, 0.1) is 17.1 Å². The first-order valence-electron chi connectivity index (χ1n) is 6.40. The predicted molar refractivity (Wildman–Crippen MR) is 69.7 cm³/mol. The Bertz CT molecular complexity index is 522. The molecule has 1 fully saturated rings. The SMILES string of the molecule is N#CCC(=O)Nc1ccc(OCC2CCCO2)c(F)c1. The van der Waals surface area contributed by atoms with Crippen LogP contribution >= 0.6 is 0 Å². The zero-order valence-corrected chi connectivity index (χ0v) is 10.9. The van der Waals surface area contributed by atoms with Crippen molar-refractivity contribution in [3.05, 3.63) is 24.0 Å². The number of carbonyl (C=O) groups excluding carboxylic acids is 1. The van der Waals surface area contributed by atoms with Crippen LogP contribution in [0.2, 0.25) is 0 Å². The largest absolute Gasteiger partial charge is 0.488 e. The van der Waals surface area contributed by atoms with Gasteiger partial charge in [-0.3, -0.25) is 4.79 Å². The number of carbonyl (C=O) groups is 1. The van der Waals surface area contributed by atoms with Gasteiger partial charge in [0, 0.05) is 18.4 Å². The van der Waals surface area contributed by atoms with E-state index in [0.717, 1.165) is 19.4 Å². The zero-order valence-electron chi connectivity index (χ0n) is 10.9. The standard InChI is InChI=1S/C14H15FN2O3/c15-12-8-10(17-14(18)5-6-16)3-4-13(12)20-9-11-2-1-7-19-11/h3-4,8,11H,1-2,5,7,9H2,(H,17,18). The first-order valence-corrected chi connectivity index (χ1v) is 6.40. The van der Waals surface area contributed by atoms with Crippen molar-refractivity contribution in [1.82, 2.24) is 0 Å². The summed E-state index contributed by atoms with van der Waals surface area (Å²) in [5.74, 6) is -0.906. The maximum absolute atomic E-state index is 13.8. The van der Waals surface area contributed by atoms with Gasteiger partial charge in [-0.15, -0.1) is 0 Å². The fraction of sp³-hybridized carbons (Fsp3) is 0.429. The Morgan fingerprint density at radius 1 is 1.60 bits per heavy atom. The van der Waals surface area contributed by atoms with E-state index in [0.29, 0.717) is 12.3 Å². The number of rotatable bonds is 5. The number of hydrogen-bond acceptors (Lipinski definition) is 4. The van der Waals surface area contributed by atoms with Gasteiger partial charge in [-0.05, 0) is 25.0 Å². The normalized spacial score (nSPS) is 17.5. The van der Waals surface area contributed by atoms with Crippen LogP contribution in [0.5, 0.6) is 5.75 Å². The number of amides is 1. The van der Waals surface area contributed by atoms with Crippen molar-refractivity contribution in [1.29, 1.82) is 5.26 Å². The third-order valence-electron chi connectivity index (χ3n) is 2.90. The Balaban J connectivity index is 1.91. The van der Waals surface area contributed by atoms with E-state index in [2.05, 4.69) is 5.32 Å². The zero-order chi connectivity index (χ0) is 14.4. The average Bonchev–Trinajstić information content (AvgIpc) is 2.91. The molecule has 0 radical (unpaired) electrons. The Labute approximate surface area is 116 Å². The third kappa shape index (κ3) is 3.93. The highest BCUT2D eigenvalue weighted by Crippen LogP contribution is 2.22. The Morgan fingerprint density at radius 2 is 2.45 bits per heavy atom. The maximum Gasteiger partial charge on any atom is 0.238 e. The number of hydrogen-bond donors (Lipinski definition) is 1. The van der Waals surface area contributed by atoms with Crippen LogP contribution in [0.25, 0.3) is 0 Å². The van der Waals surface area contributed by atoms with Crippen LogP contribution in [0.15, 0.2) is 18.2 Å². The van der Waals surface area contributed by atoms with Crippen molar-refractivity contribution in [3.8, 4) is 11.8 Å². The summed E-state index contributed by atoms with van der Waals surface area (Å²) < 4.78 is 24.5. The summed E-state index contributed by atoms with van der Waals surface area (Å²) in [6.45, 7) is 1.04. The molecule has 1 saturated heterocycles. The number of benzene rings is 1. The van der Waals surface area contributed by atoms with Gasteiger partial charge < -0.3 is 14.8 Å². The molecule has 1 unspecified atom stereocenters. The predicted octanol–water partition coefficient (Wildman–Crippen LogP) is 2.24. The molecule has 0 aromatic heterocycles. The third-order valence-corrected chi connectivity index (χ3v) is 2.90. The minimum Gasteiger partial charge on any atom is -0.488 e. The first kappa shape index (κ1) is 14.3. The maximum atomic E-state index is 13.8. The van der Waals surface area contributed by atoms with Crippen LogP contribution < -0.4 is 10.1 Å². The molecule has 1 amide bonds. The first-order chi connectivity index (χ1) is 9.69. The number of nitrogens with one attached hydrogen (secondary N) is 1. The summed E-state index contributed by atoms with van der Waals surface area (Å²) in [7, 11) is 0. The van der Waals surface area contributed by atoms with E-state index in [4.69, 9.17) is 14.7 Å². The van der Waals surface area contributed by atoms with Gasteiger partial charge in [0.1, 0.15) is 13.0 Å². The molecule has 1 aromatic rings. The van der Waals surface area contributed by atoms with Crippen LogP contribution in [-0.4, -0.2) is 25.2 Å². The molecule has 1 aliphatic heterocycles. The molecule has 0 spiro atoms. The number of anilines is 1. The average molecular weight is 278 g/mol. The van der Waals surface area contributed by atoms with Crippen molar-refractivity contribution in [2.24, 2.45) is 0 Å². The molecular formula is C14H15FN2O3. The van der Waals surface area contributed by atoms with Gasteiger partial charge in [-0.25, -0.2) is 4.39 Å². The van der Waals surface area contributed by atoms with Crippen LogP contribution in [0.1, 0.15) is 19.3 Å². The molecule has 0 bridgehead atoms. The minimum absolute atomic E-state index is 0.0180. The van der Waals surface area contributed by atoms with Crippen LogP contribution in [0.3, 0.4) is 0 Å². The summed E-state index contributed by atoms with van der Waals surface area (Å²) in [4.78, 5) is 11.2. The van der Waals surface area contributed by atoms with E-state index in [-0.39, 0.29) is 18.3 Å². The Morgan fingerprint density at radius 3 is 3.10 bits per heavy atom. The monoisotopic (exact) mass is 278 g/mol. The van der Waals surface area contributed by atoms with E-state index in [1.165, 1.54) is 18.2 Å². The second-order valence-corrected chi connectivity index (χ2v) is 4.47. The molecular weight excluding hydrogens is 263 g/mol. The van der Waals surface area contributed by atoms with E-state index < -0.39 is 11.7 Å². The lowest BCUT2D eigenvalue weighted by Crippen LogP contribution is -2.17. The van der Waals surface area contributed by atoms with Crippen molar-refractivity contribution in [3.63, 3.8) is 0 Å². The molecule has 1 heterocycles. The summed E-state index contributed by atoms with van der Waals surface area (Å²) in [6.07, 6.45) is 1.67. The molecule has 1 aliphatic rings. The van der Waals surface area contributed by atoms with E-state index in [1.807, 2.05) is 0 Å². The molecule has 20 heavy (non-hydrogen) atoms. The van der Waals surface area contributed by atoms with E-state index in [1.54, 1.807) is 6.07 Å². The lowest BCUT2D eigenvalue weighted by atomic mass is 10.2. The second kappa shape index (κ2) is 6.87. The lowest BCUT2D eigenvalue weighted by Gasteiger charge is -2.12. The molecule has 1 N–H and O–H groups in total. The quantitative estimate of drug-likeness (QED) is 0.896. The molecule has 106 valence electrons. The summed E-state index contributed by atoms with van der Waals surface area (Å²) in [6, 6.07) is 5.87. The number of ether oxygens (including phenoxy) is 2. The van der Waals surface area contributed by atoms with Crippen LogP contribution in [-0.2, 0) is 9.53 Å². The molecule has 1 aromatic carbocycles. The van der Waals surface area contributed by atoms with Crippen LogP contribution in [0.4, 0.5) is 10.1 Å². The van der Waals surface area contributed by atoms with Gasteiger partial charge in [0.2, 0.25) is 5.91 Å². The topological polar surface area (TPSA) is 71.4 Å². The highest BCUT2D eigenvalue weighted by Gasteiger charge is 2.17. The molecule has 6 heteroatoms. The van der Waals surface area contributed by atoms with Gasteiger partial charge in [0.15, 0.2) is 11.6 Å². The minimum atomic E-state index is -0.558. The Hall–Kier alpha value is -2.13. The molecule has 1 atom stereocenters. The molecule has 0 aliphatic carbocycles. The molecule has 2 rings (SSSR count). The summed E-state index contributed by atoms with van der Waals surface area (Å²) in [5, 5.41) is 10.8. The van der Waals surface area contributed by atoms with Gasteiger partial charge in [0.05, 0.1) is 12.2 Å². The van der Waals surface area contributed by atoms with Crippen molar-refractivity contribution >= 4 is 11.6 Å². The van der Waals surface area contributed by atoms with Crippen molar-refractivity contribution < 1.29 is 18.7 Å². The fourth-order valence-electron chi connectivity index (χ4n) is 1.93. The molecule has 5 nitrogen and oxygen atoms in total. The summed E-state index contributed by atoms with van der Waals surface area (Å²) >= 11 is 0. The van der Waals surface area contributed by atoms with E-state index >= 15 is 0 Å². The van der Waals surface area contributed by atoms with Gasteiger partial charge in [-0.2, -0.15) is 5.26 Å². The fourth-order valence-corrected chi connectivity index (χ4v) is 1.93. The van der Waals surface area contributed by atoms with E-state index in [9.17, 15) is 9.18 Å². The number of nitriles is 1. The lowest BCUT2D eigenvalue weighted by molar-refractivity contribution is -0.115. The van der Waals surface area contributed by atoms with Crippen molar-refractivity contribution in [2.45, 2.75) is 25.4 Å². The Kier molecular flexibility index (Phi) is 4.91. The number of nitrogens with zero attached hydrogens (tertiary/aromatic N) is 1. The van der Waals surface area contributed by atoms with Crippen molar-refractivity contribution in [2.75, 3.05) is 18.5 Å². The second-order valence-electron chi connectivity index (χ2n) is 4.47.